The zero-order valence-electron chi connectivity index (χ0n) is 15.8. The summed E-state index contributed by atoms with van der Waals surface area (Å²) in [5.74, 6) is 1.87. The van der Waals surface area contributed by atoms with Crippen molar-refractivity contribution < 1.29 is 8.78 Å². The highest BCUT2D eigenvalue weighted by Gasteiger charge is 2.35. The fraction of sp³-hybridized carbons (Fsp3) is 0.500. The van der Waals surface area contributed by atoms with E-state index in [2.05, 4.69) is 6.92 Å². The van der Waals surface area contributed by atoms with Crippen molar-refractivity contribution in [2.75, 3.05) is 0 Å². The zero-order chi connectivity index (χ0) is 18.3. The highest BCUT2D eigenvalue weighted by molar-refractivity contribution is 5.65. The van der Waals surface area contributed by atoms with E-state index in [1.807, 2.05) is 19.1 Å². The maximum Gasteiger partial charge on any atom is 0.134 e. The number of halogens is 2. The Morgan fingerprint density at radius 1 is 0.808 bits per heavy atom. The largest absolute Gasteiger partial charge is 0.206 e. The summed E-state index contributed by atoms with van der Waals surface area (Å²) in [5, 5.41) is 0. The molecule has 2 aliphatic rings. The summed E-state index contributed by atoms with van der Waals surface area (Å²) in [4.78, 5) is 0. The molecule has 0 nitrogen and oxygen atoms in total. The Labute approximate surface area is 155 Å². The maximum atomic E-state index is 14.8. The summed E-state index contributed by atoms with van der Waals surface area (Å²) >= 11 is 0. The fourth-order valence-corrected chi connectivity index (χ4v) is 5.25. The lowest BCUT2D eigenvalue weighted by Crippen LogP contribution is -2.29. The molecule has 1 unspecified atom stereocenters. The Balaban J connectivity index is 1.58. The van der Waals surface area contributed by atoms with Crippen LogP contribution in [0.5, 0.6) is 0 Å². The fourth-order valence-electron chi connectivity index (χ4n) is 5.25. The smallest absolute Gasteiger partial charge is 0.134 e. The minimum atomic E-state index is -0.428. The molecule has 2 saturated carbocycles. The van der Waals surface area contributed by atoms with Gasteiger partial charge in [0.1, 0.15) is 11.6 Å². The highest BCUT2D eigenvalue weighted by Crippen LogP contribution is 2.48. The van der Waals surface area contributed by atoms with Gasteiger partial charge in [-0.15, -0.1) is 0 Å². The first-order valence-corrected chi connectivity index (χ1v) is 10.1. The van der Waals surface area contributed by atoms with Crippen LogP contribution in [-0.2, 0) is 0 Å². The molecule has 0 bridgehead atoms. The van der Waals surface area contributed by atoms with E-state index in [0.717, 1.165) is 41.7 Å². The van der Waals surface area contributed by atoms with Gasteiger partial charge in [-0.1, -0.05) is 43.2 Å². The van der Waals surface area contributed by atoms with Crippen molar-refractivity contribution in [3.05, 3.63) is 59.2 Å². The number of rotatable bonds is 2. The normalized spacial score (nSPS) is 28.6. The average Bonchev–Trinajstić information content (AvgIpc) is 2.62. The first kappa shape index (κ1) is 17.7. The molecule has 2 heteroatoms. The van der Waals surface area contributed by atoms with Gasteiger partial charge >= 0.3 is 0 Å². The summed E-state index contributed by atoms with van der Waals surface area (Å²) in [6, 6.07) is 10.6. The van der Waals surface area contributed by atoms with E-state index in [4.69, 9.17) is 0 Å². The lowest BCUT2D eigenvalue weighted by Gasteiger charge is -2.41. The molecule has 0 saturated heterocycles. The zero-order valence-corrected chi connectivity index (χ0v) is 15.8. The molecule has 2 aromatic carbocycles. The van der Waals surface area contributed by atoms with E-state index in [9.17, 15) is 8.78 Å². The monoisotopic (exact) mass is 354 g/mol. The summed E-state index contributed by atoms with van der Waals surface area (Å²) in [5.41, 5.74) is 2.66. The second-order valence-electron chi connectivity index (χ2n) is 8.67. The van der Waals surface area contributed by atoms with Crippen molar-refractivity contribution >= 4 is 0 Å². The van der Waals surface area contributed by atoms with Crippen molar-refractivity contribution in [2.24, 2.45) is 17.8 Å². The van der Waals surface area contributed by atoms with Crippen LogP contribution in [-0.4, -0.2) is 0 Å². The molecule has 138 valence electrons. The van der Waals surface area contributed by atoms with Crippen molar-refractivity contribution in [1.82, 2.24) is 0 Å². The molecule has 0 amide bonds. The second kappa shape index (κ2) is 7.13. The van der Waals surface area contributed by atoms with Gasteiger partial charge in [0, 0.05) is 0 Å². The Hall–Kier alpha value is -1.70. The highest BCUT2D eigenvalue weighted by atomic mass is 19.1. The molecule has 2 aliphatic carbocycles. The number of hydrogen-bond acceptors (Lipinski definition) is 0. The Morgan fingerprint density at radius 3 is 2.12 bits per heavy atom. The summed E-state index contributed by atoms with van der Waals surface area (Å²) in [7, 11) is 0. The molecule has 0 radical (unpaired) electrons. The van der Waals surface area contributed by atoms with E-state index in [-0.39, 0.29) is 5.56 Å². The lowest BCUT2D eigenvalue weighted by molar-refractivity contribution is 0.124. The SMILES string of the molecule is Cc1ccc(-c2c(F)cc([C@@H]3CC[C@@H]4CC(C)CC[C@@H]4C3)cc2F)cc1. The Morgan fingerprint density at radius 2 is 1.42 bits per heavy atom. The van der Waals surface area contributed by atoms with Crippen molar-refractivity contribution in [2.45, 2.75) is 58.3 Å². The first-order valence-electron chi connectivity index (χ1n) is 10.1. The first-order chi connectivity index (χ1) is 12.5. The van der Waals surface area contributed by atoms with E-state index in [1.165, 1.54) is 25.7 Å². The van der Waals surface area contributed by atoms with Crippen LogP contribution in [0, 0.1) is 36.3 Å². The van der Waals surface area contributed by atoms with Gasteiger partial charge in [0.25, 0.3) is 0 Å². The van der Waals surface area contributed by atoms with Crippen LogP contribution in [0.25, 0.3) is 11.1 Å². The molecule has 26 heavy (non-hydrogen) atoms. The minimum absolute atomic E-state index is 0.105. The second-order valence-corrected chi connectivity index (χ2v) is 8.67. The number of hydrogen-bond donors (Lipinski definition) is 0. The van der Waals surface area contributed by atoms with Crippen molar-refractivity contribution in [3.63, 3.8) is 0 Å². The molecule has 2 aromatic rings. The van der Waals surface area contributed by atoms with E-state index < -0.39 is 11.6 Å². The number of fused-ring (bicyclic) bond motifs is 1. The third-order valence-corrected chi connectivity index (χ3v) is 6.75. The average molecular weight is 354 g/mol. The van der Waals surface area contributed by atoms with Crippen molar-refractivity contribution in [1.29, 1.82) is 0 Å². The minimum Gasteiger partial charge on any atom is -0.206 e. The van der Waals surface area contributed by atoms with Crippen LogP contribution in [0.3, 0.4) is 0 Å². The van der Waals surface area contributed by atoms with Crippen LogP contribution < -0.4 is 0 Å². The molecular formula is C24H28F2. The van der Waals surface area contributed by atoms with Gasteiger partial charge in [-0.3, -0.25) is 0 Å². The molecule has 0 heterocycles. The molecule has 0 N–H and O–H groups in total. The van der Waals surface area contributed by atoms with Gasteiger partial charge in [-0.25, -0.2) is 8.78 Å². The number of benzene rings is 2. The van der Waals surface area contributed by atoms with Crippen LogP contribution in [0.2, 0.25) is 0 Å². The van der Waals surface area contributed by atoms with Gasteiger partial charge < -0.3 is 0 Å². The molecule has 2 fully saturated rings. The lowest BCUT2D eigenvalue weighted by atomic mass is 9.64. The van der Waals surface area contributed by atoms with Crippen LogP contribution >= 0.6 is 0 Å². The molecule has 0 aliphatic heterocycles. The summed E-state index contributed by atoms with van der Waals surface area (Å²) in [6.45, 7) is 4.33. The topological polar surface area (TPSA) is 0 Å². The predicted octanol–water partition coefficient (Wildman–Crippen LogP) is 7.26. The summed E-state index contributed by atoms with van der Waals surface area (Å²) in [6.07, 6.45) is 7.31. The molecule has 0 spiro atoms. The van der Waals surface area contributed by atoms with E-state index >= 15 is 0 Å². The Bertz CT molecular complexity index is 754. The van der Waals surface area contributed by atoms with Gasteiger partial charge in [-0.05, 0) is 86.0 Å². The Kier molecular flexibility index (Phi) is 4.86. The van der Waals surface area contributed by atoms with Crippen LogP contribution in [0.4, 0.5) is 8.78 Å². The van der Waals surface area contributed by atoms with Crippen molar-refractivity contribution in [3.8, 4) is 11.1 Å². The standard InChI is InChI=1S/C24H28F2/c1-15-3-6-17(7-4-15)24-22(25)13-21(14-23(24)26)20-10-9-18-11-16(2)5-8-19(18)12-20/h3-4,6-7,13-14,16,18-20H,5,8-12H2,1-2H3/t16?,18-,19-,20-/m1/s1. The maximum absolute atomic E-state index is 14.8. The van der Waals surface area contributed by atoms with Crippen LogP contribution in [0.1, 0.15) is 62.5 Å². The van der Waals surface area contributed by atoms with Gasteiger partial charge in [0.05, 0.1) is 5.56 Å². The third kappa shape index (κ3) is 3.43. The summed E-state index contributed by atoms with van der Waals surface area (Å²) < 4.78 is 29.6. The van der Waals surface area contributed by atoms with Gasteiger partial charge in [0.15, 0.2) is 0 Å². The molecule has 4 atom stereocenters. The molecular weight excluding hydrogens is 326 g/mol. The van der Waals surface area contributed by atoms with Crippen LogP contribution in [0.15, 0.2) is 36.4 Å². The molecule has 0 aromatic heterocycles. The van der Waals surface area contributed by atoms with E-state index in [1.54, 1.807) is 24.3 Å². The van der Waals surface area contributed by atoms with E-state index in [0.29, 0.717) is 11.5 Å². The quantitative estimate of drug-likeness (QED) is 0.532. The van der Waals surface area contributed by atoms with Gasteiger partial charge in [-0.2, -0.15) is 0 Å². The predicted molar refractivity (Wildman–Crippen MR) is 103 cm³/mol. The molecule has 4 rings (SSSR count). The third-order valence-electron chi connectivity index (χ3n) is 6.75. The number of aryl methyl sites for hydroxylation is 1. The van der Waals surface area contributed by atoms with Gasteiger partial charge in [0.2, 0.25) is 0 Å².